The van der Waals surface area contributed by atoms with Gasteiger partial charge >= 0.3 is 0 Å². The topological polar surface area (TPSA) is 64.6 Å². The summed E-state index contributed by atoms with van der Waals surface area (Å²) < 4.78 is 38.7. The highest BCUT2D eigenvalue weighted by Gasteiger charge is 2.17. The molecule has 2 aromatic rings. The number of anilines is 1. The average molecular weight is 433 g/mol. The molecule has 22 heavy (non-hydrogen) atoms. The lowest BCUT2D eigenvalue weighted by Gasteiger charge is -2.12. The predicted octanol–water partition coefficient (Wildman–Crippen LogP) is 3.42. The predicted molar refractivity (Wildman–Crippen MR) is 94.3 cm³/mol. The fraction of sp³-hybridized carbons (Fsp3) is 0.200. The third-order valence-corrected chi connectivity index (χ3v) is 5.63. The van der Waals surface area contributed by atoms with Crippen molar-refractivity contribution in [3.8, 4) is 11.5 Å². The van der Waals surface area contributed by atoms with Gasteiger partial charge in [-0.2, -0.15) is 0 Å². The molecule has 1 N–H and O–H groups in total. The molecule has 0 saturated heterocycles. The molecule has 0 amide bonds. The molecule has 0 bridgehead atoms. The Morgan fingerprint density at radius 2 is 1.68 bits per heavy atom. The number of rotatable bonds is 5. The summed E-state index contributed by atoms with van der Waals surface area (Å²) >= 11 is 2.17. The van der Waals surface area contributed by atoms with Gasteiger partial charge in [-0.05, 0) is 59.3 Å². The summed E-state index contributed by atoms with van der Waals surface area (Å²) in [5, 5.41) is 0. The Balaban J connectivity index is 2.35. The molecule has 2 rings (SSSR count). The van der Waals surface area contributed by atoms with Crippen LogP contribution < -0.4 is 14.2 Å². The van der Waals surface area contributed by atoms with E-state index in [1.165, 1.54) is 26.4 Å². The van der Waals surface area contributed by atoms with E-state index in [-0.39, 0.29) is 4.90 Å². The third-order valence-electron chi connectivity index (χ3n) is 3.09. The van der Waals surface area contributed by atoms with Gasteiger partial charge < -0.3 is 9.47 Å². The van der Waals surface area contributed by atoms with E-state index in [9.17, 15) is 8.42 Å². The second-order valence-electron chi connectivity index (χ2n) is 4.59. The lowest BCUT2D eigenvalue weighted by Crippen LogP contribution is -2.13. The second-order valence-corrected chi connectivity index (χ2v) is 7.43. The monoisotopic (exact) mass is 433 g/mol. The van der Waals surface area contributed by atoms with E-state index in [2.05, 4.69) is 27.3 Å². The van der Waals surface area contributed by atoms with Crippen molar-refractivity contribution in [2.45, 2.75) is 11.8 Å². The molecule has 0 saturated carbocycles. The highest BCUT2D eigenvalue weighted by atomic mass is 127. The largest absolute Gasteiger partial charge is 0.493 e. The summed E-state index contributed by atoms with van der Waals surface area (Å²) in [5.74, 6) is 0.843. The van der Waals surface area contributed by atoms with Crippen molar-refractivity contribution in [1.82, 2.24) is 0 Å². The first-order chi connectivity index (χ1) is 10.4. The Bertz CT molecular complexity index is 790. The lowest BCUT2D eigenvalue weighted by molar-refractivity contribution is 0.354. The summed E-state index contributed by atoms with van der Waals surface area (Å²) in [6, 6.07) is 9.85. The van der Waals surface area contributed by atoms with E-state index in [0.717, 1.165) is 9.13 Å². The molecule has 5 nitrogen and oxygen atoms in total. The minimum absolute atomic E-state index is 0.112. The Morgan fingerprint density at radius 3 is 2.27 bits per heavy atom. The van der Waals surface area contributed by atoms with Crippen molar-refractivity contribution in [3.63, 3.8) is 0 Å². The first-order valence-corrected chi connectivity index (χ1v) is 8.94. The summed E-state index contributed by atoms with van der Waals surface area (Å²) in [4.78, 5) is 0.112. The highest BCUT2D eigenvalue weighted by molar-refractivity contribution is 14.1. The third kappa shape index (κ3) is 3.64. The Morgan fingerprint density at radius 1 is 1.00 bits per heavy atom. The zero-order chi connectivity index (χ0) is 16.3. The second kappa shape index (κ2) is 6.74. The van der Waals surface area contributed by atoms with Crippen LogP contribution in [0.15, 0.2) is 41.3 Å². The first kappa shape index (κ1) is 16.9. The zero-order valence-corrected chi connectivity index (χ0v) is 15.4. The summed E-state index contributed by atoms with van der Waals surface area (Å²) in [6.45, 7) is 1.97. The van der Waals surface area contributed by atoms with E-state index in [4.69, 9.17) is 9.47 Å². The average Bonchev–Trinajstić information content (AvgIpc) is 2.50. The van der Waals surface area contributed by atoms with Crippen molar-refractivity contribution < 1.29 is 17.9 Å². The summed E-state index contributed by atoms with van der Waals surface area (Å²) in [6.07, 6.45) is 0. The van der Waals surface area contributed by atoms with E-state index in [0.29, 0.717) is 17.2 Å². The fourth-order valence-corrected chi connectivity index (χ4v) is 3.43. The molecule has 0 unspecified atom stereocenters. The van der Waals surface area contributed by atoms with E-state index < -0.39 is 10.0 Å². The first-order valence-electron chi connectivity index (χ1n) is 6.38. The van der Waals surface area contributed by atoms with E-state index in [1.54, 1.807) is 18.2 Å². The molecule has 0 aromatic heterocycles. The molecule has 0 radical (unpaired) electrons. The SMILES string of the molecule is COc1ccc(S(=O)(=O)Nc2ccc(C)c(I)c2)cc1OC. The maximum atomic E-state index is 12.5. The van der Waals surface area contributed by atoms with Gasteiger partial charge in [-0.25, -0.2) is 8.42 Å². The molecule has 0 aliphatic rings. The standard InChI is InChI=1S/C15H16INO4S/c1-10-4-5-11(8-13(10)16)17-22(18,19)12-6-7-14(20-2)15(9-12)21-3/h4-9,17H,1-3H3. The number of aryl methyl sites for hydroxylation is 1. The molecule has 0 spiro atoms. The molecule has 2 aromatic carbocycles. The van der Waals surface area contributed by atoms with Crippen molar-refractivity contribution in [3.05, 3.63) is 45.5 Å². The number of ether oxygens (including phenoxy) is 2. The molecule has 0 aliphatic carbocycles. The molecule has 118 valence electrons. The number of hydrogen-bond acceptors (Lipinski definition) is 4. The van der Waals surface area contributed by atoms with E-state index in [1.807, 2.05) is 13.0 Å². The molecular weight excluding hydrogens is 417 g/mol. The minimum atomic E-state index is -3.69. The van der Waals surface area contributed by atoms with Crippen molar-refractivity contribution >= 4 is 38.3 Å². The molecule has 0 aliphatic heterocycles. The number of sulfonamides is 1. The molecule has 0 fully saturated rings. The smallest absolute Gasteiger partial charge is 0.262 e. The van der Waals surface area contributed by atoms with Crippen LogP contribution in [0.3, 0.4) is 0 Å². The van der Waals surface area contributed by atoms with Gasteiger partial charge in [0.15, 0.2) is 11.5 Å². The number of benzene rings is 2. The van der Waals surface area contributed by atoms with Gasteiger partial charge in [0, 0.05) is 15.3 Å². The normalized spacial score (nSPS) is 11.1. The molecule has 0 atom stereocenters. The Hall–Kier alpha value is -1.48. The van der Waals surface area contributed by atoms with Crippen LogP contribution in [-0.4, -0.2) is 22.6 Å². The Labute approximate surface area is 143 Å². The quantitative estimate of drug-likeness (QED) is 0.735. The van der Waals surface area contributed by atoms with Gasteiger partial charge in [0.25, 0.3) is 10.0 Å². The molecule has 0 heterocycles. The number of methoxy groups -OCH3 is 2. The van der Waals surface area contributed by atoms with Gasteiger partial charge in [-0.15, -0.1) is 0 Å². The maximum Gasteiger partial charge on any atom is 0.262 e. The van der Waals surface area contributed by atoms with Crippen LogP contribution in [-0.2, 0) is 10.0 Å². The van der Waals surface area contributed by atoms with Crippen LogP contribution in [0.5, 0.6) is 11.5 Å². The van der Waals surface area contributed by atoms with Gasteiger partial charge in [-0.1, -0.05) is 6.07 Å². The van der Waals surface area contributed by atoms with Crippen molar-refractivity contribution in [1.29, 1.82) is 0 Å². The van der Waals surface area contributed by atoms with Crippen LogP contribution in [0.2, 0.25) is 0 Å². The van der Waals surface area contributed by atoms with Crippen LogP contribution in [0.25, 0.3) is 0 Å². The van der Waals surface area contributed by atoms with Gasteiger partial charge in [-0.3, -0.25) is 4.72 Å². The van der Waals surface area contributed by atoms with Crippen LogP contribution in [0.4, 0.5) is 5.69 Å². The van der Waals surface area contributed by atoms with Crippen molar-refractivity contribution in [2.75, 3.05) is 18.9 Å². The maximum absolute atomic E-state index is 12.5. The Kier molecular flexibility index (Phi) is 5.17. The number of halogens is 1. The zero-order valence-electron chi connectivity index (χ0n) is 12.4. The van der Waals surface area contributed by atoms with Gasteiger partial charge in [0.2, 0.25) is 0 Å². The van der Waals surface area contributed by atoms with Gasteiger partial charge in [0.1, 0.15) is 0 Å². The molecule has 7 heteroatoms. The van der Waals surface area contributed by atoms with E-state index >= 15 is 0 Å². The van der Waals surface area contributed by atoms with Crippen molar-refractivity contribution in [2.24, 2.45) is 0 Å². The number of hydrogen-bond donors (Lipinski definition) is 1. The number of nitrogens with one attached hydrogen (secondary N) is 1. The highest BCUT2D eigenvalue weighted by Crippen LogP contribution is 2.30. The minimum Gasteiger partial charge on any atom is -0.493 e. The fourth-order valence-electron chi connectivity index (χ4n) is 1.85. The summed E-state index contributed by atoms with van der Waals surface area (Å²) in [5.41, 5.74) is 1.61. The van der Waals surface area contributed by atoms with Gasteiger partial charge in [0.05, 0.1) is 19.1 Å². The van der Waals surface area contributed by atoms with Crippen LogP contribution in [0, 0.1) is 10.5 Å². The van der Waals surface area contributed by atoms with Crippen LogP contribution in [0.1, 0.15) is 5.56 Å². The van der Waals surface area contributed by atoms with Crippen LogP contribution >= 0.6 is 22.6 Å². The summed E-state index contributed by atoms with van der Waals surface area (Å²) in [7, 11) is -0.729. The molecular formula is C15H16INO4S. The lowest BCUT2D eigenvalue weighted by atomic mass is 10.2.